The molecule has 1 spiro atoms. The Labute approximate surface area is 121 Å². The number of benzene rings is 1. The van der Waals surface area contributed by atoms with Gasteiger partial charge in [0.25, 0.3) is 5.91 Å². The summed E-state index contributed by atoms with van der Waals surface area (Å²) in [6.45, 7) is 1.85. The summed E-state index contributed by atoms with van der Waals surface area (Å²) >= 11 is 0. The van der Waals surface area contributed by atoms with Crippen molar-refractivity contribution in [2.24, 2.45) is 5.41 Å². The van der Waals surface area contributed by atoms with E-state index in [9.17, 15) is 4.79 Å². The first-order valence-electron chi connectivity index (χ1n) is 7.80. The van der Waals surface area contributed by atoms with E-state index in [1.165, 1.54) is 38.5 Å². The van der Waals surface area contributed by atoms with Crippen molar-refractivity contribution in [3.05, 3.63) is 29.8 Å². The molecule has 1 aromatic rings. The zero-order valence-corrected chi connectivity index (χ0v) is 12.3. The molecule has 20 heavy (non-hydrogen) atoms. The predicted octanol–water partition coefficient (Wildman–Crippen LogP) is 3.52. The fourth-order valence-electron chi connectivity index (χ4n) is 3.87. The maximum absolute atomic E-state index is 12.7. The van der Waals surface area contributed by atoms with Crippen LogP contribution in [0.3, 0.4) is 0 Å². The predicted molar refractivity (Wildman–Crippen MR) is 82.0 cm³/mol. The minimum absolute atomic E-state index is 0.183. The number of hydrogen-bond donors (Lipinski definition) is 1. The molecule has 2 aliphatic rings. The van der Waals surface area contributed by atoms with E-state index in [0.29, 0.717) is 5.41 Å². The molecule has 0 radical (unpaired) electrons. The van der Waals surface area contributed by atoms with Crippen LogP contribution >= 0.6 is 0 Å². The third-order valence-electron chi connectivity index (χ3n) is 5.20. The minimum atomic E-state index is 0.183. The van der Waals surface area contributed by atoms with Gasteiger partial charge in [-0.05, 0) is 43.2 Å². The molecular weight excluding hydrogens is 248 g/mol. The van der Waals surface area contributed by atoms with Crippen LogP contribution in [0, 0.1) is 5.41 Å². The van der Waals surface area contributed by atoms with Crippen LogP contribution in [0.2, 0.25) is 0 Å². The summed E-state index contributed by atoms with van der Waals surface area (Å²) in [6, 6.07) is 7.80. The summed E-state index contributed by atoms with van der Waals surface area (Å²) < 4.78 is 0. The molecule has 1 amide bonds. The average Bonchev–Trinajstić information content (AvgIpc) is 2.95. The molecule has 0 bridgehead atoms. The summed E-state index contributed by atoms with van der Waals surface area (Å²) in [5.74, 6) is 0.183. The third kappa shape index (κ3) is 2.41. The van der Waals surface area contributed by atoms with Crippen molar-refractivity contribution in [3.8, 4) is 0 Å². The quantitative estimate of drug-likeness (QED) is 0.893. The number of nitrogens with one attached hydrogen (secondary N) is 1. The number of carbonyl (C=O) groups excluding carboxylic acids is 1. The molecule has 1 heterocycles. The summed E-state index contributed by atoms with van der Waals surface area (Å²) in [7, 11) is 1.87. The number of amides is 1. The number of anilines is 1. The molecule has 2 fully saturated rings. The highest BCUT2D eigenvalue weighted by Crippen LogP contribution is 2.46. The summed E-state index contributed by atoms with van der Waals surface area (Å²) in [6.07, 6.45) is 7.91. The molecule has 1 aliphatic carbocycles. The Morgan fingerprint density at radius 2 is 1.75 bits per heavy atom. The van der Waals surface area contributed by atoms with Gasteiger partial charge in [-0.3, -0.25) is 4.79 Å². The molecule has 1 aromatic carbocycles. The molecule has 3 heteroatoms. The van der Waals surface area contributed by atoms with E-state index in [1.54, 1.807) is 0 Å². The van der Waals surface area contributed by atoms with E-state index in [-0.39, 0.29) is 5.91 Å². The topological polar surface area (TPSA) is 32.3 Å². The Bertz CT molecular complexity index is 482. The lowest BCUT2D eigenvalue weighted by Gasteiger charge is -2.39. The van der Waals surface area contributed by atoms with Gasteiger partial charge < -0.3 is 10.2 Å². The number of hydrogen-bond acceptors (Lipinski definition) is 2. The standard InChI is InChI=1S/C17H24N2O/c1-18-15-7-3-2-6-14(15)16(20)19-12-10-17(11-13-19)8-4-5-9-17/h2-3,6-7,18H,4-5,8-13H2,1H3. The van der Waals surface area contributed by atoms with Crippen molar-refractivity contribution >= 4 is 11.6 Å². The molecule has 0 unspecified atom stereocenters. The first-order valence-corrected chi connectivity index (χ1v) is 7.80. The highest BCUT2D eigenvalue weighted by Gasteiger charge is 2.38. The lowest BCUT2D eigenvalue weighted by atomic mass is 9.77. The second-order valence-electron chi connectivity index (χ2n) is 6.29. The number of rotatable bonds is 2. The van der Waals surface area contributed by atoms with Gasteiger partial charge in [0.2, 0.25) is 0 Å². The highest BCUT2D eigenvalue weighted by atomic mass is 16.2. The molecule has 1 saturated heterocycles. The monoisotopic (exact) mass is 272 g/mol. The van der Waals surface area contributed by atoms with E-state index in [0.717, 1.165) is 24.3 Å². The molecule has 3 rings (SSSR count). The van der Waals surface area contributed by atoms with Crippen molar-refractivity contribution in [3.63, 3.8) is 0 Å². The Morgan fingerprint density at radius 3 is 2.40 bits per heavy atom. The third-order valence-corrected chi connectivity index (χ3v) is 5.20. The van der Waals surface area contributed by atoms with Gasteiger partial charge in [-0.15, -0.1) is 0 Å². The number of likely N-dealkylation sites (tertiary alicyclic amines) is 1. The first kappa shape index (κ1) is 13.5. The maximum atomic E-state index is 12.7. The van der Waals surface area contributed by atoms with E-state index in [1.807, 2.05) is 36.2 Å². The van der Waals surface area contributed by atoms with Crippen LogP contribution < -0.4 is 5.32 Å². The fraction of sp³-hybridized carbons (Fsp3) is 0.588. The Balaban J connectivity index is 1.70. The molecule has 1 N–H and O–H groups in total. The van der Waals surface area contributed by atoms with Crippen molar-refractivity contribution in [2.45, 2.75) is 38.5 Å². The summed E-state index contributed by atoms with van der Waals surface area (Å²) in [5.41, 5.74) is 2.30. The Hall–Kier alpha value is -1.51. The van der Waals surface area contributed by atoms with E-state index in [4.69, 9.17) is 0 Å². The van der Waals surface area contributed by atoms with Crippen molar-refractivity contribution < 1.29 is 4.79 Å². The molecule has 3 nitrogen and oxygen atoms in total. The lowest BCUT2D eigenvalue weighted by molar-refractivity contribution is 0.0588. The van der Waals surface area contributed by atoms with Gasteiger partial charge in [0.1, 0.15) is 0 Å². The largest absolute Gasteiger partial charge is 0.387 e. The summed E-state index contributed by atoms with van der Waals surface area (Å²) in [4.78, 5) is 14.7. The first-order chi connectivity index (χ1) is 9.74. The highest BCUT2D eigenvalue weighted by molar-refractivity contribution is 5.99. The summed E-state index contributed by atoms with van der Waals surface area (Å²) in [5, 5.41) is 3.12. The molecule has 1 saturated carbocycles. The smallest absolute Gasteiger partial charge is 0.255 e. The SMILES string of the molecule is CNc1ccccc1C(=O)N1CCC2(CCCC2)CC1. The van der Waals surface area contributed by atoms with Crippen molar-refractivity contribution in [1.82, 2.24) is 4.90 Å². The van der Waals surface area contributed by atoms with Gasteiger partial charge in [-0.2, -0.15) is 0 Å². The van der Waals surface area contributed by atoms with Crippen LogP contribution in [0.15, 0.2) is 24.3 Å². The van der Waals surface area contributed by atoms with Gasteiger partial charge in [-0.25, -0.2) is 0 Å². The van der Waals surface area contributed by atoms with Gasteiger partial charge >= 0.3 is 0 Å². The zero-order chi connectivity index (χ0) is 14.0. The fourth-order valence-corrected chi connectivity index (χ4v) is 3.87. The van der Waals surface area contributed by atoms with Crippen LogP contribution in [-0.2, 0) is 0 Å². The van der Waals surface area contributed by atoms with Crippen LogP contribution in [-0.4, -0.2) is 30.9 Å². The van der Waals surface area contributed by atoms with Gasteiger partial charge in [0.05, 0.1) is 5.56 Å². The van der Waals surface area contributed by atoms with Crippen molar-refractivity contribution in [2.75, 3.05) is 25.5 Å². The maximum Gasteiger partial charge on any atom is 0.255 e. The van der Waals surface area contributed by atoms with E-state index < -0.39 is 0 Å². The molecule has 1 aliphatic heterocycles. The number of para-hydroxylation sites is 1. The van der Waals surface area contributed by atoms with E-state index in [2.05, 4.69) is 5.32 Å². The second-order valence-corrected chi connectivity index (χ2v) is 6.29. The van der Waals surface area contributed by atoms with Crippen LogP contribution in [0.4, 0.5) is 5.69 Å². The van der Waals surface area contributed by atoms with Gasteiger partial charge in [0.15, 0.2) is 0 Å². The minimum Gasteiger partial charge on any atom is -0.387 e. The molecule has 0 atom stereocenters. The van der Waals surface area contributed by atoms with E-state index >= 15 is 0 Å². The Morgan fingerprint density at radius 1 is 1.10 bits per heavy atom. The van der Waals surface area contributed by atoms with Gasteiger partial charge in [0, 0.05) is 25.8 Å². The molecular formula is C17H24N2O. The van der Waals surface area contributed by atoms with Crippen molar-refractivity contribution in [1.29, 1.82) is 0 Å². The van der Waals surface area contributed by atoms with Crippen LogP contribution in [0.5, 0.6) is 0 Å². The number of carbonyl (C=O) groups is 1. The average molecular weight is 272 g/mol. The second kappa shape index (κ2) is 5.47. The normalized spacial score (nSPS) is 21.1. The van der Waals surface area contributed by atoms with Crippen LogP contribution in [0.25, 0.3) is 0 Å². The lowest BCUT2D eigenvalue weighted by Crippen LogP contribution is -2.42. The number of piperidine rings is 1. The molecule has 0 aromatic heterocycles. The number of nitrogens with zero attached hydrogens (tertiary/aromatic N) is 1. The molecule has 108 valence electrons. The van der Waals surface area contributed by atoms with Crippen LogP contribution in [0.1, 0.15) is 48.9 Å². The Kier molecular flexibility index (Phi) is 3.68. The zero-order valence-electron chi connectivity index (χ0n) is 12.3. The van der Waals surface area contributed by atoms with Gasteiger partial charge in [-0.1, -0.05) is 25.0 Å².